The molecular weight excluding hydrogens is 1240 g/mol. The van der Waals surface area contributed by atoms with Gasteiger partial charge in [0, 0.05) is 25.7 Å². The molecular formula is C61H72N4O28. The first kappa shape index (κ1) is 70.1. The Labute approximate surface area is 531 Å². The van der Waals surface area contributed by atoms with Crippen LogP contribution in [0.4, 0.5) is 0 Å². The highest BCUT2D eigenvalue weighted by Crippen LogP contribution is 2.47. The maximum Gasteiger partial charge on any atom is 0.337 e. The molecule has 4 amide bonds. The molecule has 32 heteroatoms. The Morgan fingerprint density at radius 1 is 0.333 bits per heavy atom. The summed E-state index contributed by atoms with van der Waals surface area (Å²) in [6.45, 7) is -3.50. The molecule has 0 radical (unpaired) electrons. The maximum atomic E-state index is 13.5. The lowest BCUT2D eigenvalue weighted by Crippen LogP contribution is -2.45. The predicted octanol–water partition coefficient (Wildman–Crippen LogP) is -2.54. The van der Waals surface area contributed by atoms with Crippen LogP contribution in [0, 0.1) is 5.41 Å². The van der Waals surface area contributed by atoms with Gasteiger partial charge < -0.3 is 97.1 Å². The summed E-state index contributed by atoms with van der Waals surface area (Å²) >= 11 is 0. The molecule has 8 heterocycles. The topological polar surface area (TPSA) is 401 Å². The van der Waals surface area contributed by atoms with Gasteiger partial charge in [-0.25, -0.2) is 38.4 Å². The van der Waals surface area contributed by atoms with Gasteiger partial charge in [-0.3, -0.25) is 19.2 Å². The quantitative estimate of drug-likeness (QED) is 0.0217. The van der Waals surface area contributed by atoms with E-state index in [2.05, 4.69) is 21.3 Å². The number of rotatable bonds is 36. The molecule has 93 heavy (non-hydrogen) atoms. The number of hydrogen-bond donors (Lipinski definition) is 4. The average Bonchev–Trinajstić information content (AvgIpc) is 1.61. The number of hydrogen-bond acceptors (Lipinski definition) is 28. The predicted molar refractivity (Wildman–Crippen MR) is 307 cm³/mol. The van der Waals surface area contributed by atoms with E-state index in [1.165, 1.54) is 24.3 Å². The lowest BCUT2D eigenvalue weighted by atomic mass is 9.86. The molecule has 0 saturated carbocycles. The van der Waals surface area contributed by atoms with Crippen LogP contribution in [0.5, 0.6) is 0 Å². The van der Waals surface area contributed by atoms with Gasteiger partial charge in [0.1, 0.15) is 46.8 Å². The molecule has 0 aliphatic carbocycles. The first-order chi connectivity index (χ1) is 44.5. The van der Waals surface area contributed by atoms with Crippen molar-refractivity contribution in [1.29, 1.82) is 0 Å². The number of methoxy groups -OCH3 is 8. The lowest BCUT2D eigenvalue weighted by Gasteiger charge is -2.33. The maximum absolute atomic E-state index is 13.5. The number of ether oxygens (including phenoxy) is 16. The highest BCUT2D eigenvalue weighted by Gasteiger charge is 2.58. The molecule has 0 fully saturated rings. The fraction of sp³-hybridized carbons (Fsp3) is 0.541. The molecule has 0 aromatic heterocycles. The first-order valence-electron chi connectivity index (χ1n) is 29.1. The van der Waals surface area contributed by atoms with Crippen LogP contribution < -0.4 is 21.3 Å². The monoisotopic (exact) mass is 1310 g/mol. The molecule has 504 valence electrons. The second kappa shape index (κ2) is 29.9. The molecule has 4 N–H and O–H groups in total. The Hall–Kier alpha value is -8.76. The van der Waals surface area contributed by atoms with Gasteiger partial charge in [0.05, 0.1) is 186 Å². The van der Waals surface area contributed by atoms with Crippen LogP contribution in [0.3, 0.4) is 0 Å². The summed E-state index contributed by atoms with van der Waals surface area (Å²) in [7, 11) is 9.05. The van der Waals surface area contributed by atoms with E-state index >= 15 is 0 Å². The van der Waals surface area contributed by atoms with Crippen LogP contribution in [0.2, 0.25) is 0 Å². The van der Waals surface area contributed by atoms with E-state index in [-0.39, 0.29) is 149 Å². The summed E-state index contributed by atoms with van der Waals surface area (Å²) in [6, 6.07) is 0. The molecule has 8 atom stereocenters. The van der Waals surface area contributed by atoms with Gasteiger partial charge >= 0.3 is 47.8 Å². The molecule has 0 aromatic rings. The third kappa shape index (κ3) is 14.4. The molecule has 32 nitrogen and oxygen atoms in total. The summed E-state index contributed by atoms with van der Waals surface area (Å²) in [5, 5.41) is 10.8. The van der Waals surface area contributed by atoms with Crippen LogP contribution >= 0.6 is 0 Å². The first-order valence-corrected chi connectivity index (χ1v) is 29.1. The average molecular weight is 1310 g/mol. The minimum atomic E-state index is -1.56. The van der Waals surface area contributed by atoms with Crippen LogP contribution in [0.1, 0.15) is 25.7 Å². The Balaban J connectivity index is 0.958. The molecule has 0 aromatic carbocycles. The van der Waals surface area contributed by atoms with E-state index < -0.39 is 124 Å². The largest absolute Gasteiger partial charge is 0.466 e. The zero-order valence-corrected chi connectivity index (χ0v) is 52.2. The number of amides is 4. The molecule has 0 spiro atoms. The summed E-state index contributed by atoms with van der Waals surface area (Å²) in [5.74, 6) is -9.09. The third-order valence-electron chi connectivity index (χ3n) is 16.3. The van der Waals surface area contributed by atoms with E-state index in [1.807, 2.05) is 0 Å². The van der Waals surface area contributed by atoms with Crippen LogP contribution in [0.25, 0.3) is 0 Å². The number of carbonyl (C=O) groups is 12. The van der Waals surface area contributed by atoms with Gasteiger partial charge in [-0.15, -0.1) is 0 Å². The Morgan fingerprint density at radius 2 is 0.527 bits per heavy atom. The highest BCUT2D eigenvalue weighted by atomic mass is 16.6. The van der Waals surface area contributed by atoms with E-state index in [0.29, 0.717) is 0 Å². The third-order valence-corrected chi connectivity index (χ3v) is 16.3. The second-order valence-electron chi connectivity index (χ2n) is 22.1. The number of fused-ring (bicyclic) bond motifs is 8. The minimum absolute atomic E-state index is 0.0752. The van der Waals surface area contributed by atoms with Gasteiger partial charge in [-0.2, -0.15) is 0 Å². The Kier molecular flexibility index (Phi) is 22.5. The SMILES string of the molecule is COC(=O)C1=C(C(=O)OC)C2(CNC(=O)CCOCC(COCCC(=O)NCC34C=CC(O3)C(C(=O)OC)=C4C(=O)OC)(COCCC(=O)NCC34C=CC(O3)C(C(=O)OC)=C4C(=O)OC)COCCC(=O)NCC34C=CC(O3)C(C(=O)OC)=C4C(=O)OC)C=CC1O2. The van der Waals surface area contributed by atoms with Crippen molar-refractivity contribution in [1.82, 2.24) is 21.3 Å². The Morgan fingerprint density at radius 3 is 0.710 bits per heavy atom. The van der Waals surface area contributed by atoms with Crippen molar-refractivity contribution in [3.05, 3.63) is 93.2 Å². The number of carbonyl (C=O) groups excluding carboxylic acids is 12. The van der Waals surface area contributed by atoms with Gasteiger partial charge in [-0.1, -0.05) is 24.3 Å². The smallest absolute Gasteiger partial charge is 0.337 e. The fourth-order valence-electron chi connectivity index (χ4n) is 11.8. The standard InChI is InChI=1S/C61H72N4O28/c1-78-49(70)41-33-9-17-58(90-33,45(41)53(74)82-5)25-62-37(66)13-21-86-29-57(30-87-22-14-38(67)63-26-59-18-10-34(91-59)42(50(71)79-2)46(59)54(75)83-6,31-88-23-15-39(68)64-27-60-19-11-35(92-60)43(51(72)80-3)47(60)55(76)84-7)32-89-24-16-40(69)65-28-61-20-12-36(93-61)44(52(73)81-4)48(61)56(77)85-8/h9-12,17-20,33-36H,13-16,21-32H2,1-8H3,(H,62,66)(H,63,67)(H,64,68)(H,65,69). The number of esters is 8. The highest BCUT2D eigenvalue weighted by molar-refractivity contribution is 6.08. The van der Waals surface area contributed by atoms with Crippen molar-refractivity contribution in [2.75, 3.05) is 136 Å². The van der Waals surface area contributed by atoms with Crippen LogP contribution in [-0.4, -0.2) is 254 Å². The number of nitrogens with one attached hydrogen (secondary N) is 4. The van der Waals surface area contributed by atoms with Crippen LogP contribution in [0.15, 0.2) is 93.2 Å². The van der Waals surface area contributed by atoms with Crippen molar-refractivity contribution in [2.24, 2.45) is 5.41 Å². The summed E-state index contributed by atoms with van der Waals surface area (Å²) in [6.07, 6.45) is 7.38. The zero-order valence-electron chi connectivity index (χ0n) is 52.2. The van der Waals surface area contributed by atoms with E-state index in [1.54, 1.807) is 24.3 Å². The van der Waals surface area contributed by atoms with Crippen molar-refractivity contribution in [2.45, 2.75) is 72.5 Å². The normalized spacial score (nSPS) is 25.9. The lowest BCUT2D eigenvalue weighted by molar-refractivity contribution is -0.139. The van der Waals surface area contributed by atoms with Gasteiger partial charge in [-0.05, 0) is 24.3 Å². The van der Waals surface area contributed by atoms with Crippen molar-refractivity contribution in [3.63, 3.8) is 0 Å². The van der Waals surface area contributed by atoms with E-state index in [9.17, 15) is 57.5 Å². The van der Waals surface area contributed by atoms with Gasteiger partial charge in [0.2, 0.25) is 23.6 Å². The van der Waals surface area contributed by atoms with Crippen molar-refractivity contribution >= 4 is 71.4 Å². The summed E-state index contributed by atoms with van der Waals surface area (Å²) in [5.41, 5.74) is -8.47. The minimum Gasteiger partial charge on any atom is -0.466 e. The molecule has 8 aliphatic rings. The molecule has 8 unspecified atom stereocenters. The van der Waals surface area contributed by atoms with Crippen molar-refractivity contribution in [3.8, 4) is 0 Å². The summed E-state index contributed by atoms with van der Waals surface area (Å²) < 4.78 is 87.9. The van der Waals surface area contributed by atoms with Crippen molar-refractivity contribution < 1.29 is 133 Å². The van der Waals surface area contributed by atoms with E-state index in [0.717, 1.165) is 56.9 Å². The Bertz CT molecular complexity index is 2890. The second-order valence-corrected chi connectivity index (χ2v) is 22.1. The molecule has 8 bridgehead atoms. The molecule has 8 rings (SSSR count). The van der Waals surface area contributed by atoms with Gasteiger partial charge in [0.25, 0.3) is 0 Å². The fourth-order valence-corrected chi connectivity index (χ4v) is 11.8. The van der Waals surface area contributed by atoms with Gasteiger partial charge in [0.15, 0.2) is 0 Å². The zero-order chi connectivity index (χ0) is 67.5. The summed E-state index contributed by atoms with van der Waals surface area (Å²) in [4.78, 5) is 157. The van der Waals surface area contributed by atoms with Crippen LogP contribution in [-0.2, 0) is 133 Å². The molecule has 0 saturated heterocycles. The van der Waals surface area contributed by atoms with E-state index in [4.69, 9.17) is 75.8 Å². The molecule has 8 aliphatic heterocycles.